The summed E-state index contributed by atoms with van der Waals surface area (Å²) < 4.78 is 5.46. The van der Waals surface area contributed by atoms with Crippen molar-refractivity contribution in [1.82, 2.24) is 0 Å². The van der Waals surface area contributed by atoms with Gasteiger partial charge in [0.2, 0.25) is 0 Å². The summed E-state index contributed by atoms with van der Waals surface area (Å²) in [4.78, 5) is 0. The molecule has 1 aliphatic heterocycles. The molecular formula is C8H14O. The minimum Gasteiger partial charge on any atom is -0.371 e. The molecular weight excluding hydrogens is 112 g/mol. The average molecular weight is 126 g/mol. The molecule has 0 N–H and O–H groups in total. The van der Waals surface area contributed by atoms with Crippen LogP contribution in [0.1, 0.15) is 27.2 Å². The van der Waals surface area contributed by atoms with E-state index in [-0.39, 0.29) is 5.60 Å². The van der Waals surface area contributed by atoms with Gasteiger partial charge in [-0.25, -0.2) is 0 Å². The minimum absolute atomic E-state index is 0.0116. The van der Waals surface area contributed by atoms with Crippen molar-refractivity contribution in [1.29, 1.82) is 0 Å². The second-order valence-electron chi connectivity index (χ2n) is 3.19. The van der Waals surface area contributed by atoms with Crippen LogP contribution in [0.3, 0.4) is 0 Å². The monoisotopic (exact) mass is 126 g/mol. The molecule has 0 unspecified atom stereocenters. The Morgan fingerprint density at radius 1 is 1.56 bits per heavy atom. The fourth-order valence-electron chi connectivity index (χ4n) is 1.18. The zero-order valence-electron chi connectivity index (χ0n) is 6.40. The van der Waals surface area contributed by atoms with Crippen molar-refractivity contribution in [2.75, 3.05) is 6.61 Å². The molecule has 0 bridgehead atoms. The molecule has 0 atom stereocenters. The van der Waals surface area contributed by atoms with Gasteiger partial charge in [0.25, 0.3) is 0 Å². The molecule has 1 nitrogen and oxygen atoms in total. The molecule has 1 rings (SSSR count). The van der Waals surface area contributed by atoms with Crippen LogP contribution in [0.15, 0.2) is 11.6 Å². The van der Waals surface area contributed by atoms with Crippen molar-refractivity contribution in [3.8, 4) is 0 Å². The lowest BCUT2D eigenvalue weighted by Gasteiger charge is -2.26. The van der Waals surface area contributed by atoms with Gasteiger partial charge in [0.1, 0.15) is 0 Å². The second-order valence-corrected chi connectivity index (χ2v) is 3.19. The Morgan fingerprint density at radius 2 is 2.22 bits per heavy atom. The van der Waals surface area contributed by atoms with Crippen molar-refractivity contribution >= 4 is 0 Å². The molecule has 0 fully saturated rings. The summed E-state index contributed by atoms with van der Waals surface area (Å²) in [6.45, 7) is 7.23. The lowest BCUT2D eigenvalue weighted by molar-refractivity contribution is 0.0114. The first kappa shape index (κ1) is 6.81. The molecule has 0 radical (unpaired) electrons. The largest absolute Gasteiger partial charge is 0.371 e. The standard InChI is InChI=1S/C8H14O/c1-7-4-5-9-8(2,3)6-7/h6H,4-5H2,1-3H3. The molecule has 1 heteroatoms. The third kappa shape index (κ3) is 1.83. The van der Waals surface area contributed by atoms with E-state index >= 15 is 0 Å². The molecule has 0 spiro atoms. The zero-order chi connectivity index (χ0) is 6.91. The highest BCUT2D eigenvalue weighted by Crippen LogP contribution is 2.20. The van der Waals surface area contributed by atoms with Crippen molar-refractivity contribution in [3.63, 3.8) is 0 Å². The Labute approximate surface area is 56.7 Å². The first-order chi connectivity index (χ1) is 4.10. The minimum atomic E-state index is -0.0116. The van der Waals surface area contributed by atoms with Gasteiger partial charge in [-0.05, 0) is 27.2 Å². The molecule has 0 aromatic heterocycles. The molecule has 1 heterocycles. The molecule has 1 aliphatic rings. The van der Waals surface area contributed by atoms with E-state index in [1.807, 2.05) is 0 Å². The van der Waals surface area contributed by atoms with Gasteiger partial charge in [-0.15, -0.1) is 0 Å². The highest BCUT2D eigenvalue weighted by molar-refractivity contribution is 5.09. The summed E-state index contributed by atoms with van der Waals surface area (Å²) >= 11 is 0. The molecule has 0 amide bonds. The Balaban J connectivity index is 2.68. The first-order valence-corrected chi connectivity index (χ1v) is 3.42. The van der Waals surface area contributed by atoms with E-state index in [0.29, 0.717) is 0 Å². The summed E-state index contributed by atoms with van der Waals surface area (Å²) in [7, 11) is 0. The van der Waals surface area contributed by atoms with Crippen LogP contribution in [0.5, 0.6) is 0 Å². The molecule has 0 saturated carbocycles. The van der Waals surface area contributed by atoms with E-state index in [9.17, 15) is 0 Å². The second kappa shape index (κ2) is 2.14. The van der Waals surface area contributed by atoms with Gasteiger partial charge >= 0.3 is 0 Å². The Kier molecular flexibility index (Phi) is 1.62. The van der Waals surface area contributed by atoms with Crippen LogP contribution in [0.4, 0.5) is 0 Å². The number of rotatable bonds is 0. The van der Waals surface area contributed by atoms with Crippen LogP contribution in [0, 0.1) is 0 Å². The normalized spacial score (nSPS) is 25.4. The van der Waals surface area contributed by atoms with Crippen LogP contribution in [-0.4, -0.2) is 12.2 Å². The summed E-state index contributed by atoms with van der Waals surface area (Å²) in [6, 6.07) is 0. The summed E-state index contributed by atoms with van der Waals surface area (Å²) in [6.07, 6.45) is 3.29. The summed E-state index contributed by atoms with van der Waals surface area (Å²) in [5.41, 5.74) is 1.44. The molecule has 9 heavy (non-hydrogen) atoms. The van der Waals surface area contributed by atoms with Gasteiger partial charge in [-0.2, -0.15) is 0 Å². The van der Waals surface area contributed by atoms with Gasteiger partial charge < -0.3 is 4.74 Å². The summed E-state index contributed by atoms with van der Waals surface area (Å²) in [5.74, 6) is 0. The Morgan fingerprint density at radius 3 is 2.56 bits per heavy atom. The van der Waals surface area contributed by atoms with Gasteiger partial charge in [-0.1, -0.05) is 11.6 Å². The smallest absolute Gasteiger partial charge is 0.0809 e. The van der Waals surface area contributed by atoms with Crippen LogP contribution in [-0.2, 0) is 4.74 Å². The first-order valence-electron chi connectivity index (χ1n) is 3.42. The molecule has 0 aliphatic carbocycles. The maximum atomic E-state index is 5.46. The number of ether oxygens (including phenoxy) is 1. The number of hydrogen-bond donors (Lipinski definition) is 0. The molecule has 0 aromatic carbocycles. The van der Waals surface area contributed by atoms with Gasteiger partial charge in [-0.3, -0.25) is 0 Å². The Hall–Kier alpha value is -0.300. The van der Waals surface area contributed by atoms with Crippen molar-refractivity contribution in [3.05, 3.63) is 11.6 Å². The summed E-state index contributed by atoms with van der Waals surface area (Å²) in [5, 5.41) is 0. The van der Waals surface area contributed by atoms with E-state index in [1.54, 1.807) is 0 Å². The maximum Gasteiger partial charge on any atom is 0.0809 e. The zero-order valence-corrected chi connectivity index (χ0v) is 6.40. The third-order valence-electron chi connectivity index (χ3n) is 1.56. The van der Waals surface area contributed by atoms with Gasteiger partial charge in [0, 0.05) is 0 Å². The van der Waals surface area contributed by atoms with Crippen LogP contribution in [0.2, 0.25) is 0 Å². The van der Waals surface area contributed by atoms with E-state index < -0.39 is 0 Å². The Bertz CT molecular complexity index is 134. The van der Waals surface area contributed by atoms with E-state index in [1.165, 1.54) is 5.57 Å². The van der Waals surface area contributed by atoms with E-state index in [0.717, 1.165) is 13.0 Å². The molecule has 52 valence electrons. The predicted molar refractivity (Wildman–Crippen MR) is 38.4 cm³/mol. The fourth-order valence-corrected chi connectivity index (χ4v) is 1.18. The maximum absolute atomic E-state index is 5.46. The van der Waals surface area contributed by atoms with E-state index in [2.05, 4.69) is 26.8 Å². The average Bonchev–Trinajstić information content (AvgIpc) is 1.60. The van der Waals surface area contributed by atoms with E-state index in [4.69, 9.17) is 4.74 Å². The topological polar surface area (TPSA) is 9.23 Å². The lowest BCUT2D eigenvalue weighted by atomic mass is 10.0. The molecule has 0 aromatic rings. The van der Waals surface area contributed by atoms with Crippen LogP contribution < -0.4 is 0 Å². The molecule has 0 saturated heterocycles. The fraction of sp³-hybridized carbons (Fsp3) is 0.750. The van der Waals surface area contributed by atoms with Crippen molar-refractivity contribution < 1.29 is 4.74 Å². The van der Waals surface area contributed by atoms with Crippen molar-refractivity contribution in [2.45, 2.75) is 32.8 Å². The van der Waals surface area contributed by atoms with Crippen LogP contribution >= 0.6 is 0 Å². The highest BCUT2D eigenvalue weighted by Gasteiger charge is 2.18. The quantitative estimate of drug-likeness (QED) is 0.452. The number of hydrogen-bond acceptors (Lipinski definition) is 1. The van der Waals surface area contributed by atoms with Crippen molar-refractivity contribution in [2.24, 2.45) is 0 Å². The SMILES string of the molecule is CC1=CC(C)(C)OCC1. The van der Waals surface area contributed by atoms with Crippen LogP contribution in [0.25, 0.3) is 0 Å². The highest BCUT2D eigenvalue weighted by atomic mass is 16.5. The predicted octanol–water partition coefficient (Wildman–Crippen LogP) is 2.13. The lowest BCUT2D eigenvalue weighted by Crippen LogP contribution is -2.25. The van der Waals surface area contributed by atoms with Gasteiger partial charge in [0.15, 0.2) is 0 Å². The third-order valence-corrected chi connectivity index (χ3v) is 1.56. The van der Waals surface area contributed by atoms with Gasteiger partial charge in [0.05, 0.1) is 12.2 Å².